The summed E-state index contributed by atoms with van der Waals surface area (Å²) in [5.41, 5.74) is 7.01. The van der Waals surface area contributed by atoms with Crippen molar-refractivity contribution in [3.05, 3.63) is 54.4 Å². The van der Waals surface area contributed by atoms with Gasteiger partial charge in [-0.25, -0.2) is 5.43 Å². The van der Waals surface area contributed by atoms with Crippen LogP contribution in [0.15, 0.2) is 53.8 Å². The molecule has 1 aromatic carbocycles. The standard InChI is InChI=1S/C17H15N7/c1-11(13-8-5-6-10-18-13)20-22-17-19-16-15(21-23-17)12-7-3-4-9-14(12)24(16)2/h3-10H,1-2H3,(H,19,22,23)/b20-11+. The Labute approximate surface area is 138 Å². The van der Waals surface area contributed by atoms with Crippen LogP contribution in [0.4, 0.5) is 5.95 Å². The molecule has 7 heteroatoms. The normalized spacial score (nSPS) is 12.0. The molecule has 0 bridgehead atoms. The van der Waals surface area contributed by atoms with Crippen molar-refractivity contribution in [2.45, 2.75) is 6.92 Å². The number of hydrogen-bond donors (Lipinski definition) is 1. The Morgan fingerprint density at radius 1 is 1.08 bits per heavy atom. The second-order valence-electron chi connectivity index (χ2n) is 5.41. The molecule has 24 heavy (non-hydrogen) atoms. The van der Waals surface area contributed by atoms with Gasteiger partial charge >= 0.3 is 0 Å². The molecule has 0 aliphatic rings. The van der Waals surface area contributed by atoms with E-state index in [4.69, 9.17) is 0 Å². The minimum absolute atomic E-state index is 0.351. The molecule has 1 N–H and O–H groups in total. The average Bonchev–Trinajstić information content (AvgIpc) is 2.93. The van der Waals surface area contributed by atoms with E-state index in [-0.39, 0.29) is 0 Å². The number of anilines is 1. The van der Waals surface area contributed by atoms with Crippen LogP contribution in [0.3, 0.4) is 0 Å². The molecule has 4 aromatic rings. The van der Waals surface area contributed by atoms with E-state index in [0.717, 1.165) is 33.5 Å². The van der Waals surface area contributed by atoms with Gasteiger partial charge in [-0.1, -0.05) is 24.3 Å². The van der Waals surface area contributed by atoms with Crippen LogP contribution in [0.5, 0.6) is 0 Å². The minimum atomic E-state index is 0.351. The first-order chi connectivity index (χ1) is 11.7. The lowest BCUT2D eigenvalue weighted by Gasteiger charge is -2.02. The minimum Gasteiger partial charge on any atom is -0.327 e. The molecule has 0 saturated carbocycles. The van der Waals surface area contributed by atoms with Gasteiger partial charge < -0.3 is 4.57 Å². The van der Waals surface area contributed by atoms with E-state index < -0.39 is 0 Å². The summed E-state index contributed by atoms with van der Waals surface area (Å²) in [6.45, 7) is 1.87. The molecule has 0 aliphatic heterocycles. The SMILES string of the molecule is C/C(=N\Nc1nnc2c3ccccc3n(C)c2n1)c1ccccn1. The van der Waals surface area contributed by atoms with Gasteiger partial charge in [0.05, 0.1) is 16.9 Å². The number of aryl methyl sites for hydroxylation is 1. The summed E-state index contributed by atoms with van der Waals surface area (Å²) >= 11 is 0. The Kier molecular flexibility index (Phi) is 3.38. The maximum absolute atomic E-state index is 4.53. The van der Waals surface area contributed by atoms with Gasteiger partial charge in [0.25, 0.3) is 5.95 Å². The third-order valence-electron chi connectivity index (χ3n) is 3.87. The van der Waals surface area contributed by atoms with Crippen LogP contribution in [0.25, 0.3) is 22.1 Å². The van der Waals surface area contributed by atoms with Crippen molar-refractivity contribution in [1.82, 2.24) is 24.7 Å². The molecule has 3 heterocycles. The van der Waals surface area contributed by atoms with Crippen molar-refractivity contribution in [3.63, 3.8) is 0 Å². The molecule has 0 saturated heterocycles. The predicted octanol–water partition coefficient (Wildman–Crippen LogP) is 2.75. The van der Waals surface area contributed by atoms with Gasteiger partial charge in [0.2, 0.25) is 0 Å². The highest BCUT2D eigenvalue weighted by molar-refractivity contribution is 6.04. The molecule has 0 aliphatic carbocycles. The lowest BCUT2D eigenvalue weighted by atomic mass is 10.2. The van der Waals surface area contributed by atoms with Crippen LogP contribution in [-0.4, -0.2) is 30.4 Å². The lowest BCUT2D eigenvalue weighted by molar-refractivity contribution is 0.949. The number of aromatic nitrogens is 5. The fraction of sp³-hybridized carbons (Fsp3) is 0.118. The van der Waals surface area contributed by atoms with Gasteiger partial charge in [-0.05, 0) is 25.1 Å². The molecule has 0 amide bonds. The second kappa shape index (κ2) is 5.69. The molecule has 3 aromatic heterocycles. The van der Waals surface area contributed by atoms with Crippen molar-refractivity contribution in [1.29, 1.82) is 0 Å². The highest BCUT2D eigenvalue weighted by Gasteiger charge is 2.11. The zero-order valence-electron chi connectivity index (χ0n) is 13.3. The van der Waals surface area contributed by atoms with Crippen molar-refractivity contribution >= 4 is 33.7 Å². The van der Waals surface area contributed by atoms with E-state index in [1.165, 1.54) is 0 Å². The van der Waals surface area contributed by atoms with Crippen molar-refractivity contribution < 1.29 is 0 Å². The summed E-state index contributed by atoms with van der Waals surface area (Å²) in [5.74, 6) is 0.351. The van der Waals surface area contributed by atoms with E-state index in [0.29, 0.717) is 5.95 Å². The Bertz CT molecular complexity index is 1050. The Morgan fingerprint density at radius 2 is 1.92 bits per heavy atom. The van der Waals surface area contributed by atoms with Gasteiger partial charge in [0.1, 0.15) is 5.52 Å². The molecule has 4 rings (SSSR count). The highest BCUT2D eigenvalue weighted by Crippen LogP contribution is 2.24. The molecule has 0 atom stereocenters. The topological polar surface area (TPSA) is 80.9 Å². The van der Waals surface area contributed by atoms with E-state index >= 15 is 0 Å². The Morgan fingerprint density at radius 3 is 2.75 bits per heavy atom. The maximum atomic E-state index is 4.53. The molecule has 0 spiro atoms. The van der Waals surface area contributed by atoms with Crippen LogP contribution in [-0.2, 0) is 7.05 Å². The number of rotatable bonds is 3. The fourth-order valence-electron chi connectivity index (χ4n) is 2.62. The quantitative estimate of drug-likeness (QED) is 0.464. The van der Waals surface area contributed by atoms with E-state index in [1.54, 1.807) is 6.20 Å². The largest absolute Gasteiger partial charge is 0.327 e. The number of nitrogens with one attached hydrogen (secondary N) is 1. The smallest absolute Gasteiger partial charge is 0.265 e. The molecule has 0 fully saturated rings. The summed E-state index contributed by atoms with van der Waals surface area (Å²) in [7, 11) is 1.96. The summed E-state index contributed by atoms with van der Waals surface area (Å²) < 4.78 is 2.00. The molecule has 7 nitrogen and oxygen atoms in total. The zero-order valence-corrected chi connectivity index (χ0v) is 13.3. The number of para-hydroxylation sites is 1. The van der Waals surface area contributed by atoms with Crippen LogP contribution in [0, 0.1) is 0 Å². The third-order valence-corrected chi connectivity index (χ3v) is 3.87. The number of hydrazone groups is 1. The number of pyridine rings is 1. The average molecular weight is 317 g/mol. The first-order valence-electron chi connectivity index (χ1n) is 7.53. The third kappa shape index (κ3) is 2.36. The molecule has 0 unspecified atom stereocenters. The van der Waals surface area contributed by atoms with E-state index in [2.05, 4.69) is 30.7 Å². The van der Waals surface area contributed by atoms with Gasteiger partial charge in [-0.2, -0.15) is 10.1 Å². The van der Waals surface area contributed by atoms with Gasteiger partial charge in [0, 0.05) is 18.6 Å². The number of nitrogens with zero attached hydrogens (tertiary/aromatic N) is 6. The van der Waals surface area contributed by atoms with Gasteiger partial charge in [0.15, 0.2) is 5.65 Å². The summed E-state index contributed by atoms with van der Waals surface area (Å²) in [6, 6.07) is 13.7. The summed E-state index contributed by atoms with van der Waals surface area (Å²) in [6.07, 6.45) is 1.73. The van der Waals surface area contributed by atoms with Crippen LogP contribution in [0.1, 0.15) is 12.6 Å². The molecular weight excluding hydrogens is 302 g/mol. The first kappa shape index (κ1) is 14.3. The van der Waals surface area contributed by atoms with Crippen LogP contribution < -0.4 is 5.43 Å². The summed E-state index contributed by atoms with van der Waals surface area (Å²) in [4.78, 5) is 8.78. The van der Waals surface area contributed by atoms with Gasteiger partial charge in [-0.3, -0.25) is 4.98 Å². The summed E-state index contributed by atoms with van der Waals surface area (Å²) in [5, 5.41) is 13.7. The lowest BCUT2D eigenvalue weighted by Crippen LogP contribution is -2.05. The van der Waals surface area contributed by atoms with E-state index in [9.17, 15) is 0 Å². The predicted molar refractivity (Wildman–Crippen MR) is 93.9 cm³/mol. The van der Waals surface area contributed by atoms with Crippen molar-refractivity contribution in [2.24, 2.45) is 12.1 Å². The number of benzene rings is 1. The monoisotopic (exact) mass is 317 g/mol. The van der Waals surface area contributed by atoms with Gasteiger partial charge in [-0.15, -0.1) is 10.2 Å². The number of hydrogen-bond acceptors (Lipinski definition) is 6. The Balaban J connectivity index is 1.71. The maximum Gasteiger partial charge on any atom is 0.265 e. The molecular formula is C17H15N7. The van der Waals surface area contributed by atoms with Crippen molar-refractivity contribution in [3.8, 4) is 0 Å². The van der Waals surface area contributed by atoms with E-state index in [1.807, 2.05) is 61.0 Å². The van der Waals surface area contributed by atoms with Crippen LogP contribution in [0.2, 0.25) is 0 Å². The molecule has 0 radical (unpaired) electrons. The number of fused-ring (bicyclic) bond motifs is 3. The Hall–Kier alpha value is -3.35. The van der Waals surface area contributed by atoms with Crippen molar-refractivity contribution in [2.75, 3.05) is 5.43 Å². The van der Waals surface area contributed by atoms with Crippen LogP contribution >= 0.6 is 0 Å². The fourth-order valence-corrected chi connectivity index (χ4v) is 2.62. The second-order valence-corrected chi connectivity index (χ2v) is 5.41. The molecule has 118 valence electrons. The first-order valence-corrected chi connectivity index (χ1v) is 7.53. The highest BCUT2D eigenvalue weighted by atomic mass is 15.4. The zero-order chi connectivity index (χ0) is 16.5.